The second-order valence-electron chi connectivity index (χ2n) is 6.11. The molecular formula is C24H22O. The molecule has 0 spiro atoms. The van der Waals surface area contributed by atoms with Gasteiger partial charge in [-0.3, -0.25) is 4.79 Å². The second-order valence-corrected chi connectivity index (χ2v) is 6.11. The lowest BCUT2D eigenvalue weighted by Gasteiger charge is -2.15. The van der Waals surface area contributed by atoms with Gasteiger partial charge in [0.1, 0.15) is 0 Å². The SMILES string of the molecule is O=C1/C(=C\C=C\c2ccccc2)CCC/C1=C\C=C\c1ccccc1. The number of Topliss-reactive ketones (excluding diaryl/α,β-unsaturated/α-hetero) is 1. The van der Waals surface area contributed by atoms with Crippen LogP contribution in [0, 0.1) is 0 Å². The van der Waals surface area contributed by atoms with Gasteiger partial charge in [-0.2, -0.15) is 0 Å². The lowest BCUT2D eigenvalue weighted by atomic mass is 9.88. The van der Waals surface area contributed by atoms with Gasteiger partial charge >= 0.3 is 0 Å². The van der Waals surface area contributed by atoms with Crippen LogP contribution in [0.2, 0.25) is 0 Å². The molecule has 0 heterocycles. The van der Waals surface area contributed by atoms with E-state index in [0.29, 0.717) is 0 Å². The zero-order valence-corrected chi connectivity index (χ0v) is 14.3. The first-order chi connectivity index (χ1) is 12.3. The number of benzene rings is 2. The summed E-state index contributed by atoms with van der Waals surface area (Å²) >= 11 is 0. The van der Waals surface area contributed by atoms with Crippen LogP contribution in [0.1, 0.15) is 30.4 Å². The number of carbonyl (C=O) groups excluding carboxylic acids is 1. The van der Waals surface area contributed by atoms with Crippen LogP contribution in [0.3, 0.4) is 0 Å². The highest BCUT2D eigenvalue weighted by Gasteiger charge is 2.18. The third-order valence-corrected chi connectivity index (χ3v) is 4.25. The highest BCUT2D eigenvalue weighted by Crippen LogP contribution is 2.25. The molecule has 1 heteroatoms. The van der Waals surface area contributed by atoms with Crippen molar-refractivity contribution in [2.75, 3.05) is 0 Å². The van der Waals surface area contributed by atoms with Gasteiger partial charge in [0.05, 0.1) is 0 Å². The average Bonchev–Trinajstić information content (AvgIpc) is 2.66. The molecule has 1 saturated carbocycles. The molecule has 0 bridgehead atoms. The van der Waals surface area contributed by atoms with Crippen LogP contribution in [0.25, 0.3) is 12.2 Å². The van der Waals surface area contributed by atoms with Gasteiger partial charge in [-0.05, 0) is 41.5 Å². The fourth-order valence-electron chi connectivity index (χ4n) is 2.90. The first-order valence-electron chi connectivity index (χ1n) is 8.72. The van der Waals surface area contributed by atoms with E-state index in [1.165, 1.54) is 0 Å². The van der Waals surface area contributed by atoms with Crippen LogP contribution in [-0.2, 0) is 4.79 Å². The number of ketones is 1. The van der Waals surface area contributed by atoms with Crippen molar-refractivity contribution < 1.29 is 4.79 Å². The van der Waals surface area contributed by atoms with Crippen LogP contribution in [0.15, 0.2) is 96.1 Å². The van der Waals surface area contributed by atoms with Crippen molar-refractivity contribution in [2.24, 2.45) is 0 Å². The Morgan fingerprint density at radius 1 is 0.640 bits per heavy atom. The van der Waals surface area contributed by atoms with Gasteiger partial charge in [0.2, 0.25) is 0 Å². The normalized spacial score (nSPS) is 18.6. The number of hydrogen-bond acceptors (Lipinski definition) is 1. The summed E-state index contributed by atoms with van der Waals surface area (Å²) in [7, 11) is 0. The molecule has 3 rings (SSSR count). The Labute approximate surface area is 149 Å². The molecular weight excluding hydrogens is 304 g/mol. The Hall–Kier alpha value is -2.93. The van der Waals surface area contributed by atoms with Crippen LogP contribution in [0.5, 0.6) is 0 Å². The molecule has 2 aromatic carbocycles. The lowest BCUT2D eigenvalue weighted by molar-refractivity contribution is -0.113. The van der Waals surface area contributed by atoms with Crippen molar-refractivity contribution in [1.82, 2.24) is 0 Å². The summed E-state index contributed by atoms with van der Waals surface area (Å²) in [5.41, 5.74) is 4.09. The van der Waals surface area contributed by atoms with E-state index >= 15 is 0 Å². The molecule has 1 nitrogen and oxygen atoms in total. The predicted octanol–water partition coefficient (Wildman–Crippen LogP) is 6.02. The quantitative estimate of drug-likeness (QED) is 0.628. The molecule has 1 aliphatic rings. The number of hydrogen-bond donors (Lipinski definition) is 0. The average molecular weight is 326 g/mol. The Bertz CT molecular complexity index is 751. The van der Waals surface area contributed by atoms with Crippen molar-refractivity contribution >= 4 is 17.9 Å². The molecule has 0 unspecified atom stereocenters. The summed E-state index contributed by atoms with van der Waals surface area (Å²) in [5, 5.41) is 0. The third-order valence-electron chi connectivity index (χ3n) is 4.25. The maximum atomic E-state index is 12.6. The van der Waals surface area contributed by atoms with Crippen molar-refractivity contribution in [3.63, 3.8) is 0 Å². The van der Waals surface area contributed by atoms with Gasteiger partial charge in [-0.1, -0.05) is 97.1 Å². The second kappa shape index (κ2) is 8.79. The van der Waals surface area contributed by atoms with Crippen LogP contribution >= 0.6 is 0 Å². The lowest BCUT2D eigenvalue weighted by Crippen LogP contribution is -2.12. The topological polar surface area (TPSA) is 17.1 Å². The van der Waals surface area contributed by atoms with E-state index in [4.69, 9.17) is 0 Å². The maximum absolute atomic E-state index is 12.6. The van der Waals surface area contributed by atoms with E-state index in [9.17, 15) is 4.79 Å². The zero-order valence-electron chi connectivity index (χ0n) is 14.3. The minimum absolute atomic E-state index is 0.182. The molecule has 124 valence electrons. The molecule has 0 aromatic heterocycles. The van der Waals surface area contributed by atoms with Crippen molar-refractivity contribution in [2.45, 2.75) is 19.3 Å². The summed E-state index contributed by atoms with van der Waals surface area (Å²) in [5.74, 6) is 0.182. The number of carbonyl (C=O) groups is 1. The van der Waals surface area contributed by atoms with Crippen LogP contribution in [-0.4, -0.2) is 5.78 Å². The maximum Gasteiger partial charge on any atom is 0.184 e. The summed E-state index contributed by atoms with van der Waals surface area (Å²) in [6.07, 6.45) is 14.7. The van der Waals surface area contributed by atoms with E-state index in [-0.39, 0.29) is 5.78 Å². The van der Waals surface area contributed by atoms with E-state index in [0.717, 1.165) is 41.5 Å². The van der Waals surface area contributed by atoms with Crippen molar-refractivity contribution in [3.8, 4) is 0 Å². The number of allylic oxidation sites excluding steroid dienone is 6. The highest BCUT2D eigenvalue weighted by molar-refractivity contribution is 6.09. The molecule has 1 fully saturated rings. The van der Waals surface area contributed by atoms with Gasteiger partial charge < -0.3 is 0 Å². The van der Waals surface area contributed by atoms with Gasteiger partial charge in [-0.25, -0.2) is 0 Å². The summed E-state index contributed by atoms with van der Waals surface area (Å²) in [6, 6.07) is 20.3. The summed E-state index contributed by atoms with van der Waals surface area (Å²) < 4.78 is 0. The molecule has 0 atom stereocenters. The molecule has 0 aliphatic heterocycles. The molecule has 2 aromatic rings. The molecule has 0 amide bonds. The summed E-state index contributed by atoms with van der Waals surface area (Å²) in [6.45, 7) is 0. The fraction of sp³-hybridized carbons (Fsp3) is 0.125. The zero-order chi connectivity index (χ0) is 17.3. The van der Waals surface area contributed by atoms with Gasteiger partial charge in [0.15, 0.2) is 5.78 Å². The van der Waals surface area contributed by atoms with E-state index in [2.05, 4.69) is 24.3 Å². The highest BCUT2D eigenvalue weighted by atomic mass is 16.1. The minimum atomic E-state index is 0.182. The standard InChI is InChI=1S/C24H22O/c25-24-22(16-7-14-20-10-3-1-4-11-20)18-9-19-23(24)17-8-15-21-12-5-2-6-13-21/h1-8,10-17H,9,18-19H2/b14-7+,15-8+,22-16-,23-17+. The predicted molar refractivity (Wildman–Crippen MR) is 106 cm³/mol. The van der Waals surface area contributed by atoms with E-state index in [1.54, 1.807) is 0 Å². The smallest absolute Gasteiger partial charge is 0.184 e. The van der Waals surface area contributed by atoms with Crippen LogP contribution in [0.4, 0.5) is 0 Å². The van der Waals surface area contributed by atoms with Gasteiger partial charge in [-0.15, -0.1) is 0 Å². The minimum Gasteiger partial charge on any atom is -0.289 e. The van der Waals surface area contributed by atoms with Crippen molar-refractivity contribution in [3.05, 3.63) is 107 Å². The Morgan fingerprint density at radius 3 is 1.52 bits per heavy atom. The molecule has 0 saturated heterocycles. The van der Waals surface area contributed by atoms with E-state index in [1.807, 2.05) is 72.9 Å². The molecule has 0 N–H and O–H groups in total. The Morgan fingerprint density at radius 2 is 1.08 bits per heavy atom. The van der Waals surface area contributed by atoms with Crippen molar-refractivity contribution in [1.29, 1.82) is 0 Å². The fourth-order valence-corrected chi connectivity index (χ4v) is 2.90. The van der Waals surface area contributed by atoms with Gasteiger partial charge in [0.25, 0.3) is 0 Å². The Balaban J connectivity index is 1.68. The molecule has 1 aliphatic carbocycles. The monoisotopic (exact) mass is 326 g/mol. The molecule has 0 radical (unpaired) electrons. The largest absolute Gasteiger partial charge is 0.289 e. The summed E-state index contributed by atoms with van der Waals surface area (Å²) in [4.78, 5) is 12.6. The van der Waals surface area contributed by atoms with Crippen LogP contribution < -0.4 is 0 Å². The Kier molecular flexibility index (Phi) is 5.95. The first-order valence-corrected chi connectivity index (χ1v) is 8.72. The number of rotatable bonds is 4. The van der Waals surface area contributed by atoms with E-state index < -0.39 is 0 Å². The van der Waals surface area contributed by atoms with Gasteiger partial charge in [0, 0.05) is 0 Å². The molecule has 25 heavy (non-hydrogen) atoms. The first kappa shape index (κ1) is 16.9. The third kappa shape index (κ3) is 5.02.